The third-order valence-electron chi connectivity index (χ3n) is 7.98. The lowest BCUT2D eigenvalue weighted by Crippen LogP contribution is -1.91. The van der Waals surface area contributed by atoms with Crippen LogP contribution in [-0.4, -0.2) is 29.1 Å². The summed E-state index contributed by atoms with van der Waals surface area (Å²) in [4.78, 5) is 17.8. The average Bonchev–Trinajstić information content (AvgIpc) is 3.67. The Balaban J connectivity index is 0.000000150. The molecule has 230 valence electrons. The Hall–Kier alpha value is -5.37. The fourth-order valence-corrected chi connectivity index (χ4v) is 5.97. The predicted octanol–water partition coefficient (Wildman–Crippen LogP) is 10.1. The Morgan fingerprint density at radius 1 is 0.532 bits per heavy atom. The van der Waals surface area contributed by atoms with Crippen molar-refractivity contribution in [1.82, 2.24) is 29.1 Å². The van der Waals surface area contributed by atoms with E-state index in [1.807, 2.05) is 96.4 Å². The van der Waals surface area contributed by atoms with Gasteiger partial charge in [0.1, 0.15) is 5.82 Å². The topological polar surface area (TPSA) is 61.4 Å². The van der Waals surface area contributed by atoms with Gasteiger partial charge in [-0.25, -0.2) is 14.4 Å². The van der Waals surface area contributed by atoms with Crippen molar-refractivity contribution >= 4 is 45.3 Å². The van der Waals surface area contributed by atoms with Gasteiger partial charge in [0.15, 0.2) is 0 Å². The van der Waals surface area contributed by atoms with Crippen LogP contribution in [0.25, 0.3) is 66.8 Å². The number of imidazole rings is 2. The molecule has 0 saturated carbocycles. The van der Waals surface area contributed by atoms with E-state index in [4.69, 9.17) is 23.2 Å². The Bertz CT molecular complexity index is 2400. The average molecular weight is 658 g/mol. The van der Waals surface area contributed by atoms with Crippen molar-refractivity contribution in [1.29, 1.82) is 0 Å². The number of halogens is 3. The van der Waals surface area contributed by atoms with Crippen molar-refractivity contribution in [3.63, 3.8) is 0 Å². The lowest BCUT2D eigenvalue weighted by atomic mass is 9.99. The van der Waals surface area contributed by atoms with Gasteiger partial charge in [-0.1, -0.05) is 59.6 Å². The molecule has 0 aliphatic heterocycles. The van der Waals surface area contributed by atoms with Crippen LogP contribution in [0.3, 0.4) is 0 Å². The number of hydrogen-bond acceptors (Lipinski definition) is 4. The highest BCUT2D eigenvalue weighted by molar-refractivity contribution is 6.31. The van der Waals surface area contributed by atoms with Crippen molar-refractivity contribution in [2.45, 2.75) is 0 Å². The summed E-state index contributed by atoms with van der Waals surface area (Å²) in [5.74, 6) is -0.436. The molecule has 8 aromatic rings. The summed E-state index contributed by atoms with van der Waals surface area (Å²) >= 11 is 12.1. The first kappa shape index (κ1) is 30.3. The molecule has 0 radical (unpaired) electrons. The maximum absolute atomic E-state index is 13.5. The number of benzene rings is 4. The van der Waals surface area contributed by atoms with Gasteiger partial charge in [0.25, 0.3) is 0 Å². The normalized spacial score (nSPS) is 11.1. The largest absolute Gasteiger partial charge is 0.334 e. The minimum Gasteiger partial charge on any atom is -0.334 e. The van der Waals surface area contributed by atoms with Gasteiger partial charge in [0.05, 0.1) is 51.1 Å². The van der Waals surface area contributed by atoms with E-state index in [0.29, 0.717) is 5.02 Å². The number of aromatic nitrogens is 6. The fourth-order valence-electron chi connectivity index (χ4n) is 5.60. The van der Waals surface area contributed by atoms with Crippen LogP contribution in [0.2, 0.25) is 10.0 Å². The quantitative estimate of drug-likeness (QED) is 0.189. The summed E-state index contributed by atoms with van der Waals surface area (Å²) in [6.45, 7) is 0. The number of rotatable bonds is 4. The van der Waals surface area contributed by atoms with Gasteiger partial charge in [-0.15, -0.1) is 0 Å². The second-order valence-corrected chi connectivity index (χ2v) is 11.9. The molecule has 9 heteroatoms. The van der Waals surface area contributed by atoms with E-state index < -0.39 is 5.82 Å². The Morgan fingerprint density at radius 2 is 1.06 bits per heavy atom. The maximum atomic E-state index is 13.5. The second-order valence-electron chi connectivity index (χ2n) is 11.1. The molecule has 8 rings (SSSR count). The molecule has 0 unspecified atom stereocenters. The van der Waals surface area contributed by atoms with Crippen LogP contribution in [0, 0.1) is 5.82 Å². The van der Waals surface area contributed by atoms with E-state index in [1.165, 1.54) is 6.07 Å². The first-order valence-electron chi connectivity index (χ1n) is 14.8. The number of pyridine rings is 2. The molecule has 0 bridgehead atoms. The predicted molar refractivity (Wildman–Crippen MR) is 189 cm³/mol. The van der Waals surface area contributed by atoms with Gasteiger partial charge >= 0.3 is 0 Å². The summed E-state index contributed by atoms with van der Waals surface area (Å²) in [6.07, 6.45) is 7.15. The van der Waals surface area contributed by atoms with E-state index in [9.17, 15) is 4.39 Å². The molecular formula is C38H27Cl2FN6. The number of hydrogen-bond donors (Lipinski definition) is 0. The molecule has 0 spiro atoms. The number of fused-ring (bicyclic) bond motifs is 2. The maximum Gasteiger partial charge on any atom is 0.141 e. The molecule has 4 aromatic carbocycles. The zero-order valence-corrected chi connectivity index (χ0v) is 27.0. The van der Waals surface area contributed by atoms with Crippen LogP contribution >= 0.6 is 23.2 Å². The van der Waals surface area contributed by atoms with Gasteiger partial charge in [-0.3, -0.25) is 9.97 Å². The molecule has 0 atom stereocenters. The second kappa shape index (κ2) is 12.8. The third kappa shape index (κ3) is 6.11. The molecule has 0 amide bonds. The van der Waals surface area contributed by atoms with E-state index in [2.05, 4.69) is 44.2 Å². The van der Waals surface area contributed by atoms with Crippen LogP contribution in [-0.2, 0) is 14.1 Å². The van der Waals surface area contributed by atoms with Crippen molar-refractivity contribution in [2.75, 3.05) is 0 Å². The van der Waals surface area contributed by atoms with Gasteiger partial charge in [-0.2, -0.15) is 0 Å². The SMILES string of the molecule is Cn1cnc2ccc(-c3cccnc3-c3ccc(F)c(Cl)c3)cc21.Cn1cnc2ccc(-c3cccnc3-c3cccc(Cl)c3)cc21. The van der Waals surface area contributed by atoms with Crippen molar-refractivity contribution in [3.8, 4) is 44.8 Å². The molecule has 6 nitrogen and oxygen atoms in total. The smallest absolute Gasteiger partial charge is 0.141 e. The van der Waals surface area contributed by atoms with Crippen molar-refractivity contribution in [2.24, 2.45) is 14.1 Å². The zero-order valence-electron chi connectivity index (χ0n) is 25.4. The van der Waals surface area contributed by atoms with Crippen LogP contribution in [0.1, 0.15) is 0 Å². The lowest BCUT2D eigenvalue weighted by Gasteiger charge is -2.10. The zero-order chi connectivity index (χ0) is 32.5. The fraction of sp³-hybridized carbons (Fsp3) is 0.0526. The monoisotopic (exact) mass is 656 g/mol. The minimum absolute atomic E-state index is 0.0891. The molecule has 4 heterocycles. The minimum atomic E-state index is -0.436. The van der Waals surface area contributed by atoms with Crippen LogP contribution < -0.4 is 0 Å². The molecule has 0 N–H and O–H groups in total. The standard InChI is InChI=1S/C19H13ClFN3.C19H14ClN3/c1-24-11-23-17-7-5-12(10-18(17)24)14-3-2-8-22-19(14)13-4-6-16(21)15(20)9-13;1-23-12-22-17-8-7-13(11-18(17)23)16-6-3-9-21-19(16)14-4-2-5-15(20)10-14/h2-11H,1H3;2-12H,1H3. The molecule has 4 aromatic heterocycles. The molecule has 0 fully saturated rings. The summed E-state index contributed by atoms with van der Waals surface area (Å²) in [7, 11) is 3.96. The van der Waals surface area contributed by atoms with Gasteiger partial charge in [0, 0.05) is 53.8 Å². The molecular weight excluding hydrogens is 630 g/mol. The Kier molecular flexibility index (Phi) is 8.24. The van der Waals surface area contributed by atoms with E-state index in [0.717, 1.165) is 66.8 Å². The van der Waals surface area contributed by atoms with E-state index in [-0.39, 0.29) is 5.02 Å². The van der Waals surface area contributed by atoms with Gasteiger partial charge < -0.3 is 9.13 Å². The van der Waals surface area contributed by atoms with E-state index in [1.54, 1.807) is 24.7 Å². The summed E-state index contributed by atoms with van der Waals surface area (Å²) < 4.78 is 17.5. The third-order valence-corrected chi connectivity index (χ3v) is 8.50. The number of aryl methyl sites for hydroxylation is 2. The molecule has 47 heavy (non-hydrogen) atoms. The highest BCUT2D eigenvalue weighted by Crippen LogP contribution is 2.34. The van der Waals surface area contributed by atoms with Crippen LogP contribution in [0.5, 0.6) is 0 Å². The highest BCUT2D eigenvalue weighted by atomic mass is 35.5. The van der Waals surface area contributed by atoms with Crippen LogP contribution in [0.15, 0.2) is 128 Å². The van der Waals surface area contributed by atoms with Gasteiger partial charge in [-0.05, 0) is 77.9 Å². The Labute approximate surface area is 280 Å². The molecule has 0 aliphatic rings. The van der Waals surface area contributed by atoms with Crippen molar-refractivity contribution in [3.05, 3.63) is 144 Å². The summed E-state index contributed by atoms with van der Waals surface area (Å²) in [6, 6.07) is 32.7. The number of nitrogens with zero attached hydrogens (tertiary/aromatic N) is 6. The summed E-state index contributed by atoms with van der Waals surface area (Å²) in [5.41, 5.74) is 11.7. The summed E-state index contributed by atoms with van der Waals surface area (Å²) in [5, 5.41) is 0.798. The van der Waals surface area contributed by atoms with Crippen molar-refractivity contribution < 1.29 is 4.39 Å². The van der Waals surface area contributed by atoms with E-state index >= 15 is 0 Å². The first-order valence-corrected chi connectivity index (χ1v) is 15.6. The van der Waals surface area contributed by atoms with Crippen LogP contribution in [0.4, 0.5) is 4.39 Å². The lowest BCUT2D eigenvalue weighted by molar-refractivity contribution is 0.628. The molecule has 0 aliphatic carbocycles. The highest BCUT2D eigenvalue weighted by Gasteiger charge is 2.13. The molecule has 0 saturated heterocycles. The Morgan fingerprint density at radius 3 is 1.60 bits per heavy atom. The first-order chi connectivity index (χ1) is 22.9. The van der Waals surface area contributed by atoms with Gasteiger partial charge in [0.2, 0.25) is 0 Å².